The number of benzene rings is 1. The predicted molar refractivity (Wildman–Crippen MR) is 74.6 cm³/mol. The molecule has 0 radical (unpaired) electrons. The van der Waals surface area contributed by atoms with Crippen molar-refractivity contribution in [3.05, 3.63) is 53.3 Å². The second-order valence-electron chi connectivity index (χ2n) is 3.94. The van der Waals surface area contributed by atoms with Crippen molar-refractivity contribution < 1.29 is 9.53 Å². The zero-order valence-corrected chi connectivity index (χ0v) is 11.1. The number of anilines is 1. The smallest absolute Gasteiger partial charge is 0.262 e. The van der Waals surface area contributed by atoms with E-state index in [4.69, 9.17) is 16.3 Å². The summed E-state index contributed by atoms with van der Waals surface area (Å²) in [7, 11) is 0. The lowest BCUT2D eigenvalue weighted by atomic mass is 10.2. The van der Waals surface area contributed by atoms with Crippen molar-refractivity contribution in [3.63, 3.8) is 0 Å². The first kappa shape index (κ1) is 13.4. The Kier molecular flexibility index (Phi) is 4.36. The highest BCUT2D eigenvalue weighted by Crippen LogP contribution is 2.20. The Balaban J connectivity index is 1.92. The third-order valence-electron chi connectivity index (χ3n) is 2.50. The van der Waals surface area contributed by atoms with Gasteiger partial charge in [0.1, 0.15) is 0 Å². The van der Waals surface area contributed by atoms with Gasteiger partial charge in [-0.3, -0.25) is 4.79 Å². The number of hydrogen-bond acceptors (Lipinski definition) is 3. The topological polar surface area (TPSA) is 51.2 Å². The third-order valence-corrected chi connectivity index (χ3v) is 2.79. The van der Waals surface area contributed by atoms with Crippen LogP contribution in [-0.2, 0) is 4.79 Å². The Hall–Kier alpha value is -2.07. The van der Waals surface area contributed by atoms with E-state index in [1.807, 2.05) is 31.2 Å². The average Bonchev–Trinajstić information content (AvgIpc) is 2.40. The Labute approximate surface area is 116 Å². The van der Waals surface area contributed by atoms with Gasteiger partial charge in [0, 0.05) is 11.9 Å². The number of carbonyl (C=O) groups excluding carboxylic acids is 1. The standard InChI is InChI=1S/C14H13ClN2O2/c1-10-5-2-3-6-11(10)17-13(18)9-19-12-7-4-8-16-14(12)15/h2-8H,9H2,1H3,(H,17,18). The molecule has 0 saturated heterocycles. The Morgan fingerprint density at radius 1 is 1.32 bits per heavy atom. The van der Waals surface area contributed by atoms with E-state index in [1.165, 1.54) is 0 Å². The van der Waals surface area contributed by atoms with Crippen LogP contribution in [0, 0.1) is 6.92 Å². The largest absolute Gasteiger partial charge is 0.481 e. The first-order valence-electron chi connectivity index (χ1n) is 5.75. The lowest BCUT2D eigenvalue weighted by Gasteiger charge is -2.09. The highest BCUT2D eigenvalue weighted by atomic mass is 35.5. The second kappa shape index (κ2) is 6.20. The average molecular weight is 277 g/mol. The molecule has 0 spiro atoms. The van der Waals surface area contributed by atoms with Crippen molar-refractivity contribution in [2.75, 3.05) is 11.9 Å². The maximum absolute atomic E-state index is 11.7. The van der Waals surface area contributed by atoms with Crippen molar-refractivity contribution in [1.82, 2.24) is 4.98 Å². The van der Waals surface area contributed by atoms with E-state index < -0.39 is 0 Å². The molecule has 1 aromatic carbocycles. The molecule has 0 unspecified atom stereocenters. The van der Waals surface area contributed by atoms with Gasteiger partial charge in [0.15, 0.2) is 17.5 Å². The van der Waals surface area contributed by atoms with Gasteiger partial charge in [0.05, 0.1) is 0 Å². The van der Waals surface area contributed by atoms with Gasteiger partial charge < -0.3 is 10.1 Å². The molecule has 0 atom stereocenters. The molecule has 98 valence electrons. The molecule has 2 rings (SSSR count). The van der Waals surface area contributed by atoms with Crippen molar-refractivity contribution in [3.8, 4) is 5.75 Å². The minimum atomic E-state index is -0.241. The molecule has 1 aromatic heterocycles. The van der Waals surface area contributed by atoms with Crippen molar-refractivity contribution in [2.45, 2.75) is 6.92 Å². The Morgan fingerprint density at radius 3 is 2.84 bits per heavy atom. The summed E-state index contributed by atoms with van der Waals surface area (Å²) in [5, 5.41) is 3.01. The molecular weight excluding hydrogens is 264 g/mol. The molecule has 1 N–H and O–H groups in total. The van der Waals surface area contributed by atoms with Crippen molar-refractivity contribution >= 4 is 23.2 Å². The summed E-state index contributed by atoms with van der Waals surface area (Å²) in [5.41, 5.74) is 1.77. The Morgan fingerprint density at radius 2 is 2.11 bits per heavy atom. The Bertz CT molecular complexity index is 587. The molecule has 0 aliphatic rings. The number of hydrogen-bond donors (Lipinski definition) is 1. The number of para-hydroxylation sites is 1. The molecule has 5 heteroatoms. The predicted octanol–water partition coefficient (Wildman–Crippen LogP) is 3.06. The summed E-state index contributed by atoms with van der Waals surface area (Å²) in [4.78, 5) is 15.6. The molecule has 4 nitrogen and oxygen atoms in total. The fraction of sp³-hybridized carbons (Fsp3) is 0.143. The number of nitrogens with one attached hydrogen (secondary N) is 1. The summed E-state index contributed by atoms with van der Waals surface area (Å²) in [6.07, 6.45) is 1.56. The summed E-state index contributed by atoms with van der Waals surface area (Å²) < 4.78 is 5.30. The van der Waals surface area contributed by atoms with E-state index in [9.17, 15) is 4.79 Å². The molecule has 1 amide bonds. The number of rotatable bonds is 4. The van der Waals surface area contributed by atoms with Crippen LogP contribution in [0.15, 0.2) is 42.6 Å². The molecule has 19 heavy (non-hydrogen) atoms. The maximum atomic E-state index is 11.7. The molecule has 0 fully saturated rings. The van der Waals surface area contributed by atoms with Crippen LogP contribution in [0.3, 0.4) is 0 Å². The number of nitrogens with zero attached hydrogens (tertiary/aromatic N) is 1. The lowest BCUT2D eigenvalue weighted by molar-refractivity contribution is -0.118. The summed E-state index contributed by atoms with van der Waals surface area (Å²) in [6, 6.07) is 10.9. The van der Waals surface area contributed by atoms with Gasteiger partial charge in [-0.05, 0) is 30.7 Å². The minimum absolute atomic E-state index is 0.111. The van der Waals surface area contributed by atoms with Crippen LogP contribution in [0.4, 0.5) is 5.69 Å². The van der Waals surface area contributed by atoms with Crippen LogP contribution in [0.25, 0.3) is 0 Å². The van der Waals surface area contributed by atoms with Crippen molar-refractivity contribution in [2.24, 2.45) is 0 Å². The van der Waals surface area contributed by atoms with Crippen LogP contribution in [0.1, 0.15) is 5.56 Å². The van der Waals surface area contributed by atoms with Gasteiger partial charge in [-0.15, -0.1) is 0 Å². The van der Waals surface area contributed by atoms with Crippen LogP contribution >= 0.6 is 11.6 Å². The monoisotopic (exact) mass is 276 g/mol. The van der Waals surface area contributed by atoms with Crippen LogP contribution in [0.2, 0.25) is 5.15 Å². The summed E-state index contributed by atoms with van der Waals surface area (Å²) >= 11 is 5.83. The van der Waals surface area contributed by atoms with E-state index in [0.717, 1.165) is 11.3 Å². The normalized spacial score (nSPS) is 10.0. The van der Waals surface area contributed by atoms with Gasteiger partial charge in [0.25, 0.3) is 5.91 Å². The van der Waals surface area contributed by atoms with Crippen LogP contribution in [-0.4, -0.2) is 17.5 Å². The highest BCUT2D eigenvalue weighted by molar-refractivity contribution is 6.30. The van der Waals surface area contributed by atoms with E-state index >= 15 is 0 Å². The van der Waals surface area contributed by atoms with E-state index in [2.05, 4.69) is 10.3 Å². The quantitative estimate of drug-likeness (QED) is 0.873. The van der Waals surface area contributed by atoms with Crippen LogP contribution in [0.5, 0.6) is 5.75 Å². The van der Waals surface area contributed by atoms with Gasteiger partial charge in [-0.2, -0.15) is 0 Å². The number of amides is 1. The molecule has 1 heterocycles. The number of ether oxygens (including phenoxy) is 1. The van der Waals surface area contributed by atoms with Crippen molar-refractivity contribution in [1.29, 1.82) is 0 Å². The molecular formula is C14H13ClN2O2. The molecule has 0 aliphatic heterocycles. The zero-order chi connectivity index (χ0) is 13.7. The fourth-order valence-corrected chi connectivity index (χ4v) is 1.70. The molecule has 0 bridgehead atoms. The first-order valence-corrected chi connectivity index (χ1v) is 6.13. The maximum Gasteiger partial charge on any atom is 0.262 e. The zero-order valence-electron chi connectivity index (χ0n) is 10.4. The molecule has 0 aliphatic carbocycles. The number of pyridine rings is 1. The third kappa shape index (κ3) is 3.69. The highest BCUT2D eigenvalue weighted by Gasteiger charge is 2.07. The second-order valence-corrected chi connectivity index (χ2v) is 4.30. The number of aryl methyl sites for hydroxylation is 1. The number of halogens is 1. The SMILES string of the molecule is Cc1ccccc1NC(=O)COc1cccnc1Cl. The number of carbonyl (C=O) groups is 1. The molecule has 0 saturated carbocycles. The lowest BCUT2D eigenvalue weighted by Crippen LogP contribution is -2.20. The van der Waals surface area contributed by atoms with Gasteiger partial charge in [-0.1, -0.05) is 29.8 Å². The fourth-order valence-electron chi connectivity index (χ4n) is 1.52. The molecule has 2 aromatic rings. The van der Waals surface area contributed by atoms with E-state index in [-0.39, 0.29) is 17.7 Å². The van der Waals surface area contributed by atoms with Gasteiger partial charge in [0.2, 0.25) is 0 Å². The van der Waals surface area contributed by atoms with Gasteiger partial charge in [-0.25, -0.2) is 4.98 Å². The van der Waals surface area contributed by atoms with E-state index in [0.29, 0.717) is 5.75 Å². The number of aromatic nitrogens is 1. The van der Waals surface area contributed by atoms with E-state index in [1.54, 1.807) is 18.3 Å². The summed E-state index contributed by atoms with van der Waals surface area (Å²) in [6.45, 7) is 1.81. The van der Waals surface area contributed by atoms with Crippen LogP contribution < -0.4 is 10.1 Å². The van der Waals surface area contributed by atoms with Gasteiger partial charge >= 0.3 is 0 Å². The summed E-state index contributed by atoms with van der Waals surface area (Å²) in [5.74, 6) is 0.151. The first-order chi connectivity index (χ1) is 9.16. The minimum Gasteiger partial charge on any atom is -0.481 e.